The number of nitrogens with zero attached hydrogens (tertiary/aromatic N) is 3. The molecule has 1 aliphatic heterocycles. The normalized spacial score (nSPS) is 15.0. The monoisotopic (exact) mass is 439 g/mol. The Morgan fingerprint density at radius 3 is 2.77 bits per heavy atom. The predicted molar refractivity (Wildman–Crippen MR) is 116 cm³/mol. The van der Waals surface area contributed by atoms with Gasteiger partial charge in [-0.05, 0) is 17.7 Å². The van der Waals surface area contributed by atoms with Gasteiger partial charge in [0.1, 0.15) is 17.5 Å². The quantitative estimate of drug-likeness (QED) is 0.545. The van der Waals surface area contributed by atoms with Crippen molar-refractivity contribution in [3.63, 3.8) is 0 Å². The standard InChI is InChI=1S/C21H21N5O4S/c1-29-14-8-9-17(30-2)15(10-14)22-19(28)16-11-18(27)23-20-24-21(25-26(16)20)31-12-13-6-4-3-5-7-13/h3-10,16H,11-12H2,1-2H3,(H,22,28)(H,23,24,25,27)/t16-/m0/s1. The van der Waals surface area contributed by atoms with E-state index < -0.39 is 11.9 Å². The first-order valence-corrected chi connectivity index (χ1v) is 10.5. The summed E-state index contributed by atoms with van der Waals surface area (Å²) in [5, 5.41) is 10.4. The summed E-state index contributed by atoms with van der Waals surface area (Å²) in [6.07, 6.45) is -0.0444. The summed E-state index contributed by atoms with van der Waals surface area (Å²) in [7, 11) is 3.05. The third-order valence-corrected chi connectivity index (χ3v) is 5.62. The molecule has 0 bridgehead atoms. The zero-order chi connectivity index (χ0) is 21.8. The molecule has 4 rings (SSSR count). The highest BCUT2D eigenvalue weighted by molar-refractivity contribution is 7.98. The van der Waals surface area contributed by atoms with Crippen LogP contribution in [0, 0.1) is 0 Å². The minimum Gasteiger partial charge on any atom is -0.497 e. The number of ether oxygens (including phenoxy) is 2. The van der Waals surface area contributed by atoms with E-state index in [2.05, 4.69) is 20.7 Å². The van der Waals surface area contributed by atoms with Crippen molar-refractivity contribution in [3.8, 4) is 11.5 Å². The molecule has 160 valence electrons. The highest BCUT2D eigenvalue weighted by Crippen LogP contribution is 2.32. The van der Waals surface area contributed by atoms with E-state index in [0.717, 1.165) is 5.56 Å². The number of hydrogen-bond donors (Lipinski definition) is 2. The van der Waals surface area contributed by atoms with E-state index in [0.29, 0.717) is 28.1 Å². The van der Waals surface area contributed by atoms with Crippen molar-refractivity contribution in [3.05, 3.63) is 54.1 Å². The van der Waals surface area contributed by atoms with Crippen LogP contribution in [0.3, 0.4) is 0 Å². The van der Waals surface area contributed by atoms with Gasteiger partial charge in [0.25, 0.3) is 0 Å². The highest BCUT2D eigenvalue weighted by atomic mass is 32.2. The molecule has 2 heterocycles. The Morgan fingerprint density at radius 2 is 2.03 bits per heavy atom. The van der Waals surface area contributed by atoms with Crippen molar-refractivity contribution < 1.29 is 19.1 Å². The third kappa shape index (κ3) is 4.64. The van der Waals surface area contributed by atoms with E-state index in [1.807, 2.05) is 30.3 Å². The Kier molecular flexibility index (Phi) is 6.08. The zero-order valence-corrected chi connectivity index (χ0v) is 17.8. The van der Waals surface area contributed by atoms with Gasteiger partial charge in [-0.3, -0.25) is 14.9 Å². The number of amides is 2. The maximum atomic E-state index is 13.0. The topological polar surface area (TPSA) is 107 Å². The second-order valence-corrected chi connectivity index (χ2v) is 7.70. The van der Waals surface area contributed by atoms with Gasteiger partial charge in [0.05, 0.1) is 26.3 Å². The molecular weight excluding hydrogens is 418 g/mol. The van der Waals surface area contributed by atoms with Gasteiger partial charge in [-0.15, -0.1) is 5.10 Å². The van der Waals surface area contributed by atoms with Crippen LogP contribution in [0.25, 0.3) is 0 Å². The molecular formula is C21H21N5O4S. The van der Waals surface area contributed by atoms with Gasteiger partial charge in [-0.25, -0.2) is 4.68 Å². The lowest BCUT2D eigenvalue weighted by Crippen LogP contribution is -2.36. The number of nitrogens with one attached hydrogen (secondary N) is 2. The average Bonchev–Trinajstić information content (AvgIpc) is 3.20. The fourth-order valence-electron chi connectivity index (χ4n) is 3.16. The van der Waals surface area contributed by atoms with Crippen LogP contribution < -0.4 is 20.1 Å². The first kappa shape index (κ1) is 20.7. The van der Waals surface area contributed by atoms with Crippen molar-refractivity contribution in [2.24, 2.45) is 0 Å². The smallest absolute Gasteiger partial charge is 0.250 e. The maximum Gasteiger partial charge on any atom is 0.250 e. The molecule has 2 aromatic carbocycles. The molecule has 0 unspecified atom stereocenters. The van der Waals surface area contributed by atoms with E-state index in [9.17, 15) is 9.59 Å². The second-order valence-electron chi connectivity index (χ2n) is 6.76. The average molecular weight is 439 g/mol. The van der Waals surface area contributed by atoms with Crippen LogP contribution in [0.4, 0.5) is 11.6 Å². The highest BCUT2D eigenvalue weighted by Gasteiger charge is 2.33. The number of fused-ring (bicyclic) bond motifs is 1. The molecule has 1 aliphatic rings. The zero-order valence-electron chi connectivity index (χ0n) is 17.0. The predicted octanol–water partition coefficient (Wildman–Crippen LogP) is 3.11. The number of carbonyl (C=O) groups is 2. The molecule has 0 fully saturated rings. The number of anilines is 2. The molecule has 0 aliphatic carbocycles. The van der Waals surface area contributed by atoms with Gasteiger partial charge in [-0.2, -0.15) is 4.98 Å². The van der Waals surface area contributed by atoms with Crippen LogP contribution in [-0.2, 0) is 15.3 Å². The Morgan fingerprint density at radius 1 is 1.23 bits per heavy atom. The molecule has 1 aromatic heterocycles. The van der Waals surface area contributed by atoms with E-state index in [1.54, 1.807) is 18.2 Å². The Labute approximate surface area is 183 Å². The Bertz CT molecular complexity index is 1100. The fourth-order valence-corrected chi connectivity index (χ4v) is 3.94. The number of rotatable bonds is 7. The first-order chi connectivity index (χ1) is 15.1. The largest absolute Gasteiger partial charge is 0.497 e. The summed E-state index contributed by atoms with van der Waals surface area (Å²) >= 11 is 1.43. The summed E-state index contributed by atoms with van der Waals surface area (Å²) in [4.78, 5) is 29.6. The molecule has 1 atom stereocenters. The number of benzene rings is 2. The molecule has 0 spiro atoms. The molecule has 10 heteroatoms. The van der Waals surface area contributed by atoms with E-state index in [-0.39, 0.29) is 18.3 Å². The Balaban J connectivity index is 1.54. The molecule has 0 saturated carbocycles. The summed E-state index contributed by atoms with van der Waals surface area (Å²) in [6, 6.07) is 14.2. The lowest BCUT2D eigenvalue weighted by molar-refractivity contribution is -0.125. The lowest BCUT2D eigenvalue weighted by atomic mass is 10.1. The van der Waals surface area contributed by atoms with Crippen molar-refractivity contribution >= 4 is 35.2 Å². The summed E-state index contributed by atoms with van der Waals surface area (Å²) in [6.45, 7) is 0. The number of aromatic nitrogens is 3. The summed E-state index contributed by atoms with van der Waals surface area (Å²) in [5.41, 5.74) is 1.57. The number of methoxy groups -OCH3 is 2. The minimum absolute atomic E-state index is 0.0444. The van der Waals surface area contributed by atoms with Crippen molar-refractivity contribution in [2.75, 3.05) is 24.9 Å². The number of hydrogen-bond acceptors (Lipinski definition) is 7. The number of thioether (sulfide) groups is 1. The lowest BCUT2D eigenvalue weighted by Gasteiger charge is -2.23. The van der Waals surface area contributed by atoms with Crippen LogP contribution in [0.5, 0.6) is 11.5 Å². The van der Waals surface area contributed by atoms with E-state index in [1.165, 1.54) is 30.7 Å². The van der Waals surface area contributed by atoms with Crippen molar-refractivity contribution in [2.45, 2.75) is 23.4 Å². The van der Waals surface area contributed by atoms with Crippen molar-refractivity contribution in [1.82, 2.24) is 14.8 Å². The van der Waals surface area contributed by atoms with Gasteiger partial charge in [0.15, 0.2) is 0 Å². The molecule has 2 amide bonds. The van der Waals surface area contributed by atoms with Crippen LogP contribution >= 0.6 is 11.8 Å². The summed E-state index contributed by atoms with van der Waals surface area (Å²) < 4.78 is 12.0. The van der Waals surface area contributed by atoms with E-state index >= 15 is 0 Å². The second kappa shape index (κ2) is 9.09. The van der Waals surface area contributed by atoms with Gasteiger partial charge in [0, 0.05) is 11.8 Å². The van der Waals surface area contributed by atoms with Gasteiger partial charge in [0.2, 0.25) is 22.9 Å². The Hall–Kier alpha value is -3.53. The van der Waals surface area contributed by atoms with Gasteiger partial charge in [-0.1, -0.05) is 42.1 Å². The van der Waals surface area contributed by atoms with Gasteiger partial charge >= 0.3 is 0 Å². The van der Waals surface area contributed by atoms with Gasteiger partial charge < -0.3 is 14.8 Å². The molecule has 9 nitrogen and oxygen atoms in total. The maximum absolute atomic E-state index is 13.0. The van der Waals surface area contributed by atoms with Crippen LogP contribution in [-0.4, -0.2) is 40.8 Å². The molecule has 0 radical (unpaired) electrons. The molecule has 31 heavy (non-hydrogen) atoms. The van der Waals surface area contributed by atoms with Crippen LogP contribution in [0.15, 0.2) is 53.7 Å². The number of carbonyl (C=O) groups excluding carboxylic acids is 2. The fraction of sp³-hybridized carbons (Fsp3) is 0.238. The first-order valence-electron chi connectivity index (χ1n) is 9.53. The van der Waals surface area contributed by atoms with Crippen molar-refractivity contribution in [1.29, 1.82) is 0 Å². The minimum atomic E-state index is -0.835. The van der Waals surface area contributed by atoms with Crippen LogP contribution in [0.1, 0.15) is 18.0 Å². The van der Waals surface area contributed by atoms with E-state index in [4.69, 9.17) is 9.47 Å². The molecule has 3 aromatic rings. The SMILES string of the molecule is COc1ccc(OC)c(NC(=O)[C@@H]2CC(=O)Nc3nc(SCc4ccccc4)nn32)c1. The third-order valence-electron chi connectivity index (χ3n) is 4.71. The summed E-state index contributed by atoms with van der Waals surface area (Å²) in [5.74, 6) is 1.29. The molecule has 2 N–H and O–H groups in total. The molecule has 0 saturated heterocycles. The van der Waals surface area contributed by atoms with Crippen LogP contribution in [0.2, 0.25) is 0 Å².